The van der Waals surface area contributed by atoms with E-state index in [0.29, 0.717) is 13.3 Å². The zero-order chi connectivity index (χ0) is 15.4. The van der Waals surface area contributed by atoms with Gasteiger partial charge in [-0.25, -0.2) is 0 Å². The van der Waals surface area contributed by atoms with Crippen LogP contribution in [-0.4, -0.2) is 21.0 Å². The van der Waals surface area contributed by atoms with Gasteiger partial charge in [-0.2, -0.15) is 0 Å². The van der Waals surface area contributed by atoms with Gasteiger partial charge in [-0.3, -0.25) is 0 Å². The first-order valence-corrected chi connectivity index (χ1v) is 7.10. The molecule has 0 fully saturated rings. The molecular formula is C17H20ClNO4. The van der Waals surface area contributed by atoms with E-state index in [1.165, 1.54) is 0 Å². The van der Waals surface area contributed by atoms with E-state index in [1.807, 2.05) is 36.4 Å². The molecule has 0 spiro atoms. The van der Waals surface area contributed by atoms with Gasteiger partial charge in [0.2, 0.25) is 6.79 Å². The van der Waals surface area contributed by atoms with Crippen molar-refractivity contribution >= 4 is 12.4 Å². The van der Waals surface area contributed by atoms with Crippen molar-refractivity contribution in [2.24, 2.45) is 0 Å². The molecule has 3 rings (SSSR count). The summed E-state index contributed by atoms with van der Waals surface area (Å²) in [5, 5.41) is 3.40. The molecule has 0 atom stereocenters. The fourth-order valence-electron chi connectivity index (χ4n) is 2.39. The highest BCUT2D eigenvalue weighted by Crippen LogP contribution is 2.32. The van der Waals surface area contributed by atoms with Crippen molar-refractivity contribution in [3.05, 3.63) is 47.5 Å². The Hall–Kier alpha value is -2.11. The average molecular weight is 338 g/mol. The molecule has 0 radical (unpaired) electrons. The number of halogens is 1. The molecule has 5 nitrogen and oxygen atoms in total. The largest absolute Gasteiger partial charge is 0.497 e. The van der Waals surface area contributed by atoms with Crippen LogP contribution in [0.1, 0.15) is 11.1 Å². The molecule has 1 aliphatic heterocycles. The van der Waals surface area contributed by atoms with Crippen LogP contribution in [0.5, 0.6) is 23.0 Å². The standard InChI is InChI=1S/C17H19NO4.ClH/c1-19-14-5-4-13(16(8-14)20-2)10-18-9-12-3-6-15-17(7-12)22-11-21-15;/h3-8,18H,9-11H2,1-2H3;1H. The van der Waals surface area contributed by atoms with Crippen molar-refractivity contribution in [3.63, 3.8) is 0 Å². The summed E-state index contributed by atoms with van der Waals surface area (Å²) in [6, 6.07) is 11.8. The van der Waals surface area contributed by atoms with Gasteiger partial charge in [-0.05, 0) is 23.8 Å². The lowest BCUT2D eigenvalue weighted by Crippen LogP contribution is -2.13. The third-order valence-corrected chi connectivity index (χ3v) is 3.58. The molecule has 1 N–H and O–H groups in total. The summed E-state index contributed by atoms with van der Waals surface area (Å²) in [5.74, 6) is 3.22. The predicted molar refractivity (Wildman–Crippen MR) is 89.9 cm³/mol. The minimum atomic E-state index is 0. The van der Waals surface area contributed by atoms with Crippen LogP contribution in [0.15, 0.2) is 36.4 Å². The molecule has 124 valence electrons. The Labute approximate surface area is 141 Å². The lowest BCUT2D eigenvalue weighted by atomic mass is 10.1. The highest BCUT2D eigenvalue weighted by atomic mass is 35.5. The molecule has 0 aromatic heterocycles. The molecular weight excluding hydrogens is 318 g/mol. The van der Waals surface area contributed by atoms with Crippen LogP contribution in [0.2, 0.25) is 0 Å². The summed E-state index contributed by atoms with van der Waals surface area (Å²) in [7, 11) is 3.31. The Balaban J connectivity index is 0.00000192. The first-order valence-electron chi connectivity index (χ1n) is 7.10. The number of methoxy groups -OCH3 is 2. The molecule has 0 aliphatic carbocycles. The van der Waals surface area contributed by atoms with Gasteiger partial charge in [0.25, 0.3) is 0 Å². The van der Waals surface area contributed by atoms with Gasteiger partial charge in [-0.1, -0.05) is 12.1 Å². The minimum Gasteiger partial charge on any atom is -0.497 e. The van der Waals surface area contributed by atoms with E-state index in [2.05, 4.69) is 5.32 Å². The fourth-order valence-corrected chi connectivity index (χ4v) is 2.39. The van der Waals surface area contributed by atoms with Gasteiger partial charge < -0.3 is 24.3 Å². The van der Waals surface area contributed by atoms with E-state index >= 15 is 0 Å². The van der Waals surface area contributed by atoms with Crippen LogP contribution >= 0.6 is 12.4 Å². The fraction of sp³-hybridized carbons (Fsp3) is 0.294. The topological polar surface area (TPSA) is 49.0 Å². The van der Waals surface area contributed by atoms with Crippen molar-refractivity contribution in [1.29, 1.82) is 0 Å². The summed E-state index contributed by atoms with van der Waals surface area (Å²) >= 11 is 0. The maximum atomic E-state index is 5.39. The summed E-state index contributed by atoms with van der Waals surface area (Å²) in [6.07, 6.45) is 0. The molecule has 2 aromatic carbocycles. The van der Waals surface area contributed by atoms with Crippen molar-refractivity contribution < 1.29 is 18.9 Å². The van der Waals surface area contributed by atoms with Gasteiger partial charge in [-0.15, -0.1) is 12.4 Å². The highest BCUT2D eigenvalue weighted by molar-refractivity contribution is 5.85. The second-order valence-electron chi connectivity index (χ2n) is 4.97. The first kappa shape index (κ1) is 17.2. The number of hydrogen-bond acceptors (Lipinski definition) is 5. The Morgan fingerprint density at radius 2 is 1.78 bits per heavy atom. The quantitative estimate of drug-likeness (QED) is 0.877. The van der Waals surface area contributed by atoms with Crippen molar-refractivity contribution in [2.75, 3.05) is 21.0 Å². The Kier molecular flexibility index (Phi) is 5.96. The van der Waals surface area contributed by atoms with Crippen LogP contribution in [0.25, 0.3) is 0 Å². The first-order chi connectivity index (χ1) is 10.8. The second-order valence-corrected chi connectivity index (χ2v) is 4.97. The number of rotatable bonds is 6. The third kappa shape index (κ3) is 4.00. The summed E-state index contributed by atoms with van der Waals surface area (Å²) < 4.78 is 21.3. The summed E-state index contributed by atoms with van der Waals surface area (Å²) in [6.45, 7) is 1.75. The maximum absolute atomic E-state index is 5.39. The number of nitrogens with one attached hydrogen (secondary N) is 1. The van der Waals surface area contributed by atoms with Gasteiger partial charge >= 0.3 is 0 Å². The molecule has 0 unspecified atom stereocenters. The Bertz CT molecular complexity index is 663. The lowest BCUT2D eigenvalue weighted by molar-refractivity contribution is 0.174. The molecule has 0 saturated heterocycles. The molecule has 23 heavy (non-hydrogen) atoms. The van der Waals surface area contributed by atoms with Gasteiger partial charge in [0.1, 0.15) is 11.5 Å². The van der Waals surface area contributed by atoms with Crippen LogP contribution in [0.3, 0.4) is 0 Å². The minimum absolute atomic E-state index is 0. The van der Waals surface area contributed by atoms with Crippen molar-refractivity contribution in [2.45, 2.75) is 13.1 Å². The molecule has 1 aliphatic rings. The van der Waals surface area contributed by atoms with Gasteiger partial charge in [0.05, 0.1) is 14.2 Å². The van der Waals surface area contributed by atoms with Crippen molar-refractivity contribution in [1.82, 2.24) is 5.32 Å². The van der Waals surface area contributed by atoms with Crippen LogP contribution < -0.4 is 24.3 Å². The van der Waals surface area contributed by atoms with E-state index in [-0.39, 0.29) is 12.4 Å². The van der Waals surface area contributed by atoms with Gasteiger partial charge in [0.15, 0.2) is 11.5 Å². The second kappa shape index (κ2) is 7.94. The Morgan fingerprint density at radius 1 is 0.957 bits per heavy atom. The molecule has 0 bridgehead atoms. The van der Waals surface area contributed by atoms with Crippen LogP contribution in [-0.2, 0) is 13.1 Å². The van der Waals surface area contributed by atoms with E-state index in [9.17, 15) is 0 Å². The maximum Gasteiger partial charge on any atom is 0.231 e. The summed E-state index contributed by atoms with van der Waals surface area (Å²) in [5.41, 5.74) is 2.24. The predicted octanol–water partition coefficient (Wildman–Crippen LogP) is 3.14. The Morgan fingerprint density at radius 3 is 2.57 bits per heavy atom. The molecule has 2 aromatic rings. The smallest absolute Gasteiger partial charge is 0.231 e. The molecule has 0 saturated carbocycles. The normalized spacial score (nSPS) is 11.7. The number of hydrogen-bond donors (Lipinski definition) is 1. The molecule has 6 heteroatoms. The zero-order valence-electron chi connectivity index (χ0n) is 13.1. The van der Waals surface area contributed by atoms with Gasteiger partial charge in [0, 0.05) is 24.7 Å². The van der Waals surface area contributed by atoms with E-state index in [4.69, 9.17) is 18.9 Å². The van der Waals surface area contributed by atoms with E-state index in [0.717, 1.165) is 40.7 Å². The molecule has 0 amide bonds. The monoisotopic (exact) mass is 337 g/mol. The van der Waals surface area contributed by atoms with Crippen LogP contribution in [0.4, 0.5) is 0 Å². The zero-order valence-corrected chi connectivity index (χ0v) is 13.9. The third-order valence-electron chi connectivity index (χ3n) is 3.58. The molecule has 1 heterocycles. The average Bonchev–Trinajstić information content (AvgIpc) is 3.02. The summed E-state index contributed by atoms with van der Waals surface area (Å²) in [4.78, 5) is 0. The van der Waals surface area contributed by atoms with Crippen LogP contribution in [0, 0.1) is 0 Å². The number of benzene rings is 2. The van der Waals surface area contributed by atoms with Crippen molar-refractivity contribution in [3.8, 4) is 23.0 Å². The highest BCUT2D eigenvalue weighted by Gasteiger charge is 2.13. The SMILES string of the molecule is COc1ccc(CNCc2ccc3c(c2)OCO3)c(OC)c1.Cl. The number of ether oxygens (including phenoxy) is 4. The lowest BCUT2D eigenvalue weighted by Gasteiger charge is -2.11. The van der Waals surface area contributed by atoms with E-state index in [1.54, 1.807) is 14.2 Å². The van der Waals surface area contributed by atoms with E-state index < -0.39 is 0 Å². The number of fused-ring (bicyclic) bond motifs is 1.